The minimum Gasteiger partial charge on any atom is -0.354 e. The van der Waals surface area contributed by atoms with Crippen LogP contribution >= 0.6 is 0 Å². The molecule has 2 saturated heterocycles. The van der Waals surface area contributed by atoms with Gasteiger partial charge in [-0.1, -0.05) is 20.8 Å². The van der Waals surface area contributed by atoms with Crippen molar-refractivity contribution in [1.29, 1.82) is 0 Å². The van der Waals surface area contributed by atoms with Gasteiger partial charge in [0.15, 0.2) is 0 Å². The third kappa shape index (κ3) is 5.95. The number of carbonyl (C=O) groups excluding carboxylic acids is 1. The zero-order valence-electron chi connectivity index (χ0n) is 14.1. The lowest BCUT2D eigenvalue weighted by atomic mass is 9.91. The highest BCUT2D eigenvalue weighted by molar-refractivity contribution is 5.81. The molecule has 0 radical (unpaired) electrons. The monoisotopic (exact) mass is 295 g/mol. The fraction of sp³-hybridized carbons (Fsp3) is 0.941. The van der Waals surface area contributed by atoms with Crippen LogP contribution in [0.2, 0.25) is 0 Å². The summed E-state index contributed by atoms with van der Waals surface area (Å²) in [4.78, 5) is 14.6. The van der Waals surface area contributed by atoms with Gasteiger partial charge < -0.3 is 15.5 Å². The number of nitrogens with one attached hydrogen (secondary N) is 2. The van der Waals surface area contributed by atoms with Gasteiger partial charge in [0.2, 0.25) is 5.91 Å². The number of piperidine rings is 1. The van der Waals surface area contributed by atoms with E-state index in [1.807, 2.05) is 0 Å². The van der Waals surface area contributed by atoms with Crippen molar-refractivity contribution in [3.05, 3.63) is 0 Å². The number of hydrogen-bond acceptors (Lipinski definition) is 3. The average Bonchev–Trinajstić information content (AvgIpc) is 2.96. The highest BCUT2D eigenvalue weighted by Gasteiger charge is 2.25. The van der Waals surface area contributed by atoms with Gasteiger partial charge in [0.05, 0.1) is 6.04 Å². The van der Waals surface area contributed by atoms with Gasteiger partial charge >= 0.3 is 0 Å². The molecule has 2 rings (SSSR count). The smallest absolute Gasteiger partial charge is 0.237 e. The zero-order chi connectivity index (χ0) is 15.3. The molecule has 2 atom stereocenters. The number of amides is 1. The minimum absolute atomic E-state index is 0.0607. The molecule has 2 unspecified atom stereocenters. The van der Waals surface area contributed by atoms with Crippen LogP contribution in [0.5, 0.6) is 0 Å². The molecule has 2 aliphatic heterocycles. The zero-order valence-corrected chi connectivity index (χ0v) is 14.1. The molecule has 2 heterocycles. The summed E-state index contributed by atoms with van der Waals surface area (Å²) >= 11 is 0. The van der Waals surface area contributed by atoms with E-state index in [4.69, 9.17) is 0 Å². The highest BCUT2D eigenvalue weighted by Crippen LogP contribution is 2.22. The second-order valence-electron chi connectivity index (χ2n) is 8.01. The Morgan fingerprint density at radius 3 is 2.76 bits per heavy atom. The van der Waals surface area contributed by atoms with Crippen LogP contribution in [-0.4, -0.2) is 49.6 Å². The van der Waals surface area contributed by atoms with E-state index in [2.05, 4.69) is 36.3 Å². The first-order chi connectivity index (χ1) is 9.94. The summed E-state index contributed by atoms with van der Waals surface area (Å²) in [5.74, 6) is 0.836. The molecule has 1 amide bonds. The predicted molar refractivity (Wildman–Crippen MR) is 87.3 cm³/mol. The molecule has 0 aromatic carbocycles. The van der Waals surface area contributed by atoms with E-state index < -0.39 is 0 Å². The molecule has 0 aromatic heterocycles. The fourth-order valence-electron chi connectivity index (χ4n) is 3.29. The van der Waals surface area contributed by atoms with Crippen LogP contribution < -0.4 is 10.6 Å². The maximum atomic E-state index is 12.0. The molecule has 0 bridgehead atoms. The Kier molecular flexibility index (Phi) is 6.06. The summed E-state index contributed by atoms with van der Waals surface area (Å²) in [6.07, 6.45) is 5.89. The van der Waals surface area contributed by atoms with Crippen LogP contribution in [0.4, 0.5) is 0 Å². The largest absolute Gasteiger partial charge is 0.354 e. The Morgan fingerprint density at radius 2 is 2.10 bits per heavy atom. The molecule has 21 heavy (non-hydrogen) atoms. The summed E-state index contributed by atoms with van der Waals surface area (Å²) in [6.45, 7) is 12.3. The molecule has 4 heteroatoms. The minimum atomic E-state index is 0.0607. The number of likely N-dealkylation sites (tertiary alicyclic amines) is 1. The van der Waals surface area contributed by atoms with Crippen LogP contribution in [-0.2, 0) is 4.79 Å². The number of rotatable bonds is 5. The summed E-state index contributed by atoms with van der Waals surface area (Å²) in [5, 5.41) is 6.43. The molecule has 2 fully saturated rings. The van der Waals surface area contributed by atoms with Crippen molar-refractivity contribution < 1.29 is 4.79 Å². The van der Waals surface area contributed by atoms with E-state index in [0.29, 0.717) is 11.3 Å². The van der Waals surface area contributed by atoms with Crippen LogP contribution in [0.25, 0.3) is 0 Å². The van der Waals surface area contributed by atoms with E-state index in [1.165, 1.54) is 32.4 Å². The predicted octanol–water partition coefficient (Wildman–Crippen LogP) is 2.00. The quantitative estimate of drug-likeness (QED) is 0.815. The summed E-state index contributed by atoms with van der Waals surface area (Å²) in [5.41, 5.74) is 0.412. The first-order valence-corrected chi connectivity index (χ1v) is 8.67. The summed E-state index contributed by atoms with van der Waals surface area (Å²) < 4.78 is 0. The third-order valence-electron chi connectivity index (χ3n) is 4.72. The van der Waals surface area contributed by atoms with Crippen molar-refractivity contribution in [1.82, 2.24) is 15.5 Å². The summed E-state index contributed by atoms with van der Waals surface area (Å²) in [6, 6.07) is 0.0607. The van der Waals surface area contributed by atoms with Gasteiger partial charge in [0.25, 0.3) is 0 Å². The Labute approximate surface area is 130 Å². The van der Waals surface area contributed by atoms with Gasteiger partial charge in [-0.2, -0.15) is 0 Å². The van der Waals surface area contributed by atoms with Crippen molar-refractivity contribution in [2.24, 2.45) is 11.3 Å². The second kappa shape index (κ2) is 7.59. The molecular formula is C17H33N3O. The number of carbonyl (C=O) groups is 1. The van der Waals surface area contributed by atoms with Gasteiger partial charge in [-0.15, -0.1) is 0 Å². The highest BCUT2D eigenvalue weighted by atomic mass is 16.2. The van der Waals surface area contributed by atoms with E-state index in [9.17, 15) is 4.79 Å². The van der Waals surface area contributed by atoms with Gasteiger partial charge in [-0.25, -0.2) is 0 Å². The van der Waals surface area contributed by atoms with Gasteiger partial charge in [-0.3, -0.25) is 4.79 Å². The standard InChI is InChI=1S/C17H33N3O/c1-17(2,3)8-11-20-10-5-6-14(13-20)12-19-16(21)15-7-4-9-18-15/h14-15,18H,4-13H2,1-3H3,(H,19,21). The van der Waals surface area contributed by atoms with Crippen LogP contribution in [0.1, 0.15) is 52.9 Å². The third-order valence-corrected chi connectivity index (χ3v) is 4.72. The Morgan fingerprint density at radius 1 is 1.29 bits per heavy atom. The first kappa shape index (κ1) is 16.8. The Hall–Kier alpha value is -0.610. The number of nitrogens with zero attached hydrogens (tertiary/aromatic N) is 1. The molecule has 2 N–H and O–H groups in total. The van der Waals surface area contributed by atoms with E-state index in [0.717, 1.165) is 32.5 Å². The van der Waals surface area contributed by atoms with Crippen molar-refractivity contribution in [3.63, 3.8) is 0 Å². The topological polar surface area (TPSA) is 44.4 Å². The maximum absolute atomic E-state index is 12.0. The molecule has 0 spiro atoms. The average molecular weight is 295 g/mol. The molecular weight excluding hydrogens is 262 g/mol. The molecule has 0 saturated carbocycles. The van der Waals surface area contributed by atoms with Crippen molar-refractivity contribution in [2.75, 3.05) is 32.7 Å². The Bertz CT molecular complexity index is 331. The molecule has 2 aliphatic rings. The molecule has 0 aliphatic carbocycles. The van der Waals surface area contributed by atoms with Crippen molar-refractivity contribution in [2.45, 2.75) is 58.9 Å². The van der Waals surface area contributed by atoms with Gasteiger partial charge in [0, 0.05) is 13.1 Å². The molecule has 122 valence electrons. The SMILES string of the molecule is CC(C)(C)CCN1CCCC(CNC(=O)C2CCCN2)C1. The molecule has 4 nitrogen and oxygen atoms in total. The van der Waals surface area contributed by atoms with Crippen LogP contribution in [0.3, 0.4) is 0 Å². The molecule has 0 aromatic rings. The Balaban J connectivity index is 1.67. The van der Waals surface area contributed by atoms with Crippen LogP contribution in [0, 0.1) is 11.3 Å². The number of hydrogen-bond donors (Lipinski definition) is 2. The first-order valence-electron chi connectivity index (χ1n) is 8.67. The normalized spacial score (nSPS) is 27.8. The van der Waals surface area contributed by atoms with Crippen molar-refractivity contribution >= 4 is 5.91 Å². The van der Waals surface area contributed by atoms with Crippen LogP contribution in [0.15, 0.2) is 0 Å². The lowest BCUT2D eigenvalue weighted by Crippen LogP contribution is -2.45. The lowest BCUT2D eigenvalue weighted by molar-refractivity contribution is -0.123. The van der Waals surface area contributed by atoms with E-state index >= 15 is 0 Å². The van der Waals surface area contributed by atoms with Gasteiger partial charge in [-0.05, 0) is 63.1 Å². The van der Waals surface area contributed by atoms with Crippen molar-refractivity contribution in [3.8, 4) is 0 Å². The van der Waals surface area contributed by atoms with E-state index in [-0.39, 0.29) is 11.9 Å². The summed E-state index contributed by atoms with van der Waals surface area (Å²) in [7, 11) is 0. The van der Waals surface area contributed by atoms with Gasteiger partial charge in [0.1, 0.15) is 0 Å². The maximum Gasteiger partial charge on any atom is 0.237 e. The fourth-order valence-corrected chi connectivity index (χ4v) is 3.29. The van der Waals surface area contributed by atoms with E-state index in [1.54, 1.807) is 0 Å². The second-order valence-corrected chi connectivity index (χ2v) is 8.01. The lowest BCUT2D eigenvalue weighted by Gasteiger charge is -2.34.